The SMILES string of the molecule is CC(C)CC(CO)NCCSc1ccccc1. The average Bonchev–Trinajstić information content (AvgIpc) is 2.34. The van der Waals surface area contributed by atoms with Crippen LogP contribution in [0.2, 0.25) is 0 Å². The van der Waals surface area contributed by atoms with Gasteiger partial charge in [0.1, 0.15) is 0 Å². The summed E-state index contributed by atoms with van der Waals surface area (Å²) in [5.74, 6) is 1.67. The van der Waals surface area contributed by atoms with E-state index in [2.05, 4.69) is 43.4 Å². The van der Waals surface area contributed by atoms with Gasteiger partial charge < -0.3 is 10.4 Å². The zero-order valence-electron chi connectivity index (χ0n) is 10.7. The molecule has 0 heterocycles. The fourth-order valence-corrected chi connectivity index (χ4v) is 2.55. The van der Waals surface area contributed by atoms with Crippen molar-refractivity contribution >= 4 is 11.8 Å². The Morgan fingerprint density at radius 1 is 1.24 bits per heavy atom. The predicted molar refractivity (Wildman–Crippen MR) is 75.5 cm³/mol. The Kier molecular flexibility index (Phi) is 7.33. The van der Waals surface area contributed by atoms with Crippen LogP contribution in [0.4, 0.5) is 0 Å². The normalized spacial score (nSPS) is 12.9. The molecule has 2 N–H and O–H groups in total. The van der Waals surface area contributed by atoms with E-state index in [0.29, 0.717) is 5.92 Å². The van der Waals surface area contributed by atoms with Crippen LogP contribution in [0, 0.1) is 5.92 Å². The summed E-state index contributed by atoms with van der Waals surface area (Å²) >= 11 is 1.85. The summed E-state index contributed by atoms with van der Waals surface area (Å²) in [5, 5.41) is 12.6. The van der Waals surface area contributed by atoms with Gasteiger partial charge in [0, 0.05) is 23.2 Å². The lowest BCUT2D eigenvalue weighted by Crippen LogP contribution is -2.35. The van der Waals surface area contributed by atoms with E-state index in [-0.39, 0.29) is 12.6 Å². The van der Waals surface area contributed by atoms with Gasteiger partial charge in [-0.1, -0.05) is 32.0 Å². The van der Waals surface area contributed by atoms with Crippen molar-refractivity contribution in [1.29, 1.82) is 0 Å². The molecule has 0 amide bonds. The second-order valence-corrected chi connectivity index (χ2v) is 5.79. The van der Waals surface area contributed by atoms with Crippen molar-refractivity contribution in [2.45, 2.75) is 31.2 Å². The fraction of sp³-hybridized carbons (Fsp3) is 0.571. The molecule has 2 nitrogen and oxygen atoms in total. The van der Waals surface area contributed by atoms with Crippen molar-refractivity contribution in [3.8, 4) is 0 Å². The fourth-order valence-electron chi connectivity index (χ4n) is 1.74. The van der Waals surface area contributed by atoms with Crippen molar-refractivity contribution in [2.24, 2.45) is 5.92 Å². The number of rotatable bonds is 8. The van der Waals surface area contributed by atoms with E-state index >= 15 is 0 Å². The maximum Gasteiger partial charge on any atom is 0.0584 e. The van der Waals surface area contributed by atoms with Gasteiger partial charge >= 0.3 is 0 Å². The van der Waals surface area contributed by atoms with E-state index in [1.807, 2.05) is 17.8 Å². The lowest BCUT2D eigenvalue weighted by molar-refractivity contribution is 0.226. The van der Waals surface area contributed by atoms with Gasteiger partial charge in [0.25, 0.3) is 0 Å². The summed E-state index contributed by atoms with van der Waals surface area (Å²) in [5.41, 5.74) is 0. The second-order valence-electron chi connectivity index (χ2n) is 4.62. The van der Waals surface area contributed by atoms with Crippen LogP contribution in [-0.2, 0) is 0 Å². The molecule has 0 spiro atoms. The second kappa shape index (κ2) is 8.56. The average molecular weight is 253 g/mol. The van der Waals surface area contributed by atoms with E-state index < -0.39 is 0 Å². The maximum atomic E-state index is 9.22. The van der Waals surface area contributed by atoms with Gasteiger partial charge in [-0.15, -0.1) is 11.8 Å². The highest BCUT2D eigenvalue weighted by Crippen LogP contribution is 2.16. The monoisotopic (exact) mass is 253 g/mol. The third kappa shape index (κ3) is 6.71. The molecule has 0 fully saturated rings. The van der Waals surface area contributed by atoms with Gasteiger partial charge in [0.15, 0.2) is 0 Å². The molecule has 1 atom stereocenters. The summed E-state index contributed by atoms with van der Waals surface area (Å²) in [6.45, 7) is 5.54. The number of benzene rings is 1. The van der Waals surface area contributed by atoms with E-state index in [1.165, 1.54) is 4.90 Å². The van der Waals surface area contributed by atoms with Crippen molar-refractivity contribution in [2.75, 3.05) is 18.9 Å². The highest BCUT2D eigenvalue weighted by Gasteiger charge is 2.08. The molecule has 0 saturated carbocycles. The third-order valence-electron chi connectivity index (χ3n) is 2.52. The first-order valence-corrected chi connectivity index (χ1v) is 7.23. The van der Waals surface area contributed by atoms with E-state index in [1.54, 1.807) is 0 Å². The highest BCUT2D eigenvalue weighted by atomic mass is 32.2. The largest absolute Gasteiger partial charge is 0.395 e. The Hall–Kier alpha value is -0.510. The minimum absolute atomic E-state index is 0.230. The predicted octanol–water partition coefficient (Wildman–Crippen LogP) is 2.78. The Bertz CT molecular complexity index is 290. The minimum atomic E-state index is 0.230. The lowest BCUT2D eigenvalue weighted by Gasteiger charge is -2.18. The molecular weight excluding hydrogens is 230 g/mol. The molecule has 0 aromatic heterocycles. The molecule has 17 heavy (non-hydrogen) atoms. The van der Waals surface area contributed by atoms with Gasteiger partial charge in [-0.05, 0) is 24.5 Å². The molecule has 0 aliphatic carbocycles. The van der Waals surface area contributed by atoms with Crippen LogP contribution in [0.5, 0.6) is 0 Å². The third-order valence-corrected chi connectivity index (χ3v) is 3.54. The van der Waals surface area contributed by atoms with Crippen LogP contribution < -0.4 is 5.32 Å². The van der Waals surface area contributed by atoms with Crippen LogP contribution in [0.25, 0.3) is 0 Å². The van der Waals surface area contributed by atoms with Gasteiger partial charge in [-0.2, -0.15) is 0 Å². The highest BCUT2D eigenvalue weighted by molar-refractivity contribution is 7.99. The van der Waals surface area contributed by atoms with Gasteiger partial charge in [0.2, 0.25) is 0 Å². The number of thioether (sulfide) groups is 1. The molecule has 1 rings (SSSR count). The number of nitrogens with one attached hydrogen (secondary N) is 1. The minimum Gasteiger partial charge on any atom is -0.395 e. The first kappa shape index (κ1) is 14.6. The number of aliphatic hydroxyl groups excluding tert-OH is 1. The zero-order valence-corrected chi connectivity index (χ0v) is 11.5. The topological polar surface area (TPSA) is 32.3 Å². The molecular formula is C14H23NOS. The first-order chi connectivity index (χ1) is 8.22. The van der Waals surface area contributed by atoms with Crippen LogP contribution >= 0.6 is 11.8 Å². The van der Waals surface area contributed by atoms with Crippen LogP contribution in [0.15, 0.2) is 35.2 Å². The van der Waals surface area contributed by atoms with Gasteiger partial charge in [-0.25, -0.2) is 0 Å². The summed E-state index contributed by atoms with van der Waals surface area (Å²) < 4.78 is 0. The molecule has 1 aromatic rings. The molecule has 96 valence electrons. The van der Waals surface area contributed by atoms with Crippen LogP contribution in [0.1, 0.15) is 20.3 Å². The van der Waals surface area contributed by atoms with E-state index in [9.17, 15) is 5.11 Å². The number of hydrogen-bond acceptors (Lipinski definition) is 3. The van der Waals surface area contributed by atoms with Gasteiger partial charge in [0.05, 0.1) is 6.61 Å². The smallest absolute Gasteiger partial charge is 0.0584 e. The summed E-state index contributed by atoms with van der Waals surface area (Å²) in [4.78, 5) is 1.30. The standard InChI is InChI=1S/C14H23NOS/c1-12(2)10-13(11-16)15-8-9-17-14-6-4-3-5-7-14/h3-7,12-13,15-16H,8-11H2,1-2H3. The number of hydrogen-bond donors (Lipinski definition) is 2. The van der Waals surface area contributed by atoms with Crippen molar-refractivity contribution < 1.29 is 5.11 Å². The Balaban J connectivity index is 2.14. The summed E-state index contributed by atoms with van der Waals surface area (Å²) in [6, 6.07) is 10.7. The lowest BCUT2D eigenvalue weighted by atomic mass is 10.0. The van der Waals surface area contributed by atoms with Crippen molar-refractivity contribution in [3.63, 3.8) is 0 Å². The zero-order chi connectivity index (χ0) is 12.5. The summed E-state index contributed by atoms with van der Waals surface area (Å²) in [6.07, 6.45) is 1.03. The molecule has 0 radical (unpaired) electrons. The Morgan fingerprint density at radius 3 is 2.53 bits per heavy atom. The quantitative estimate of drug-likeness (QED) is 0.552. The first-order valence-electron chi connectivity index (χ1n) is 6.24. The van der Waals surface area contributed by atoms with Crippen LogP contribution in [-0.4, -0.2) is 30.1 Å². The molecule has 0 aliphatic rings. The Morgan fingerprint density at radius 2 is 1.94 bits per heavy atom. The van der Waals surface area contributed by atoms with Crippen molar-refractivity contribution in [3.05, 3.63) is 30.3 Å². The molecule has 1 unspecified atom stereocenters. The van der Waals surface area contributed by atoms with Crippen LogP contribution in [0.3, 0.4) is 0 Å². The van der Waals surface area contributed by atoms with E-state index in [0.717, 1.165) is 18.7 Å². The van der Waals surface area contributed by atoms with Gasteiger partial charge in [-0.3, -0.25) is 0 Å². The Labute approximate surface area is 109 Å². The molecule has 0 bridgehead atoms. The molecule has 0 saturated heterocycles. The molecule has 0 aliphatic heterocycles. The van der Waals surface area contributed by atoms with Crippen molar-refractivity contribution in [1.82, 2.24) is 5.32 Å². The maximum absolute atomic E-state index is 9.22. The molecule has 1 aromatic carbocycles. The summed E-state index contributed by atoms with van der Waals surface area (Å²) in [7, 11) is 0. The number of aliphatic hydroxyl groups is 1. The van der Waals surface area contributed by atoms with E-state index in [4.69, 9.17) is 0 Å². The molecule has 3 heteroatoms.